The predicted molar refractivity (Wildman–Crippen MR) is 71.9 cm³/mol. The molecule has 0 bridgehead atoms. The van der Waals surface area contributed by atoms with Gasteiger partial charge in [-0.05, 0) is 31.5 Å². The van der Waals surface area contributed by atoms with Crippen LogP contribution in [0, 0.1) is 0 Å². The van der Waals surface area contributed by atoms with Crippen molar-refractivity contribution in [2.45, 2.75) is 19.9 Å². The fourth-order valence-electron chi connectivity index (χ4n) is 2.07. The van der Waals surface area contributed by atoms with E-state index < -0.39 is 0 Å². The van der Waals surface area contributed by atoms with E-state index in [4.69, 9.17) is 0 Å². The van der Waals surface area contributed by atoms with Crippen molar-refractivity contribution in [1.29, 1.82) is 0 Å². The number of carbonyl (C=O) groups excluding carboxylic acids is 2. The van der Waals surface area contributed by atoms with Crippen LogP contribution in [-0.4, -0.2) is 11.8 Å². The summed E-state index contributed by atoms with van der Waals surface area (Å²) in [6.07, 6.45) is 0. The molecule has 94 valence electrons. The van der Waals surface area contributed by atoms with Gasteiger partial charge in [0.1, 0.15) is 0 Å². The smallest absolute Gasteiger partial charge is 0.319 e. The molecule has 0 spiro atoms. The van der Waals surface area contributed by atoms with E-state index in [1.807, 2.05) is 24.3 Å². The number of carbonyl (C=O) groups is 2. The van der Waals surface area contributed by atoms with Gasteiger partial charge in [-0.15, -0.1) is 0 Å². The highest BCUT2D eigenvalue weighted by molar-refractivity contribution is 9.10. The highest BCUT2D eigenvalue weighted by Gasteiger charge is 2.28. The molecule has 4 nitrogen and oxygen atoms in total. The molecule has 1 aromatic rings. The molecule has 1 aromatic carbocycles. The maximum atomic E-state index is 11.7. The first-order valence-electron chi connectivity index (χ1n) is 5.53. The van der Waals surface area contributed by atoms with E-state index in [9.17, 15) is 9.59 Å². The number of nitrogens with one attached hydrogen (secondary N) is 2. The molecule has 1 atom stereocenters. The number of hydrogen-bond donors (Lipinski definition) is 2. The van der Waals surface area contributed by atoms with Gasteiger partial charge in [-0.3, -0.25) is 4.79 Å². The average Bonchev–Trinajstić information content (AvgIpc) is 2.28. The van der Waals surface area contributed by atoms with Crippen LogP contribution in [0.15, 0.2) is 40.0 Å². The van der Waals surface area contributed by atoms with Crippen LogP contribution >= 0.6 is 15.9 Å². The minimum atomic E-state index is -0.385. The fraction of sp³-hybridized carbons (Fsp3) is 0.231. The summed E-state index contributed by atoms with van der Waals surface area (Å²) in [5.41, 5.74) is 2.09. The second-order valence-corrected chi connectivity index (χ2v) is 5.09. The molecule has 2 rings (SSSR count). The Morgan fingerprint density at radius 2 is 1.89 bits per heavy atom. The van der Waals surface area contributed by atoms with E-state index in [2.05, 4.69) is 26.6 Å². The van der Waals surface area contributed by atoms with E-state index in [0.717, 1.165) is 10.0 Å². The SMILES string of the molecule is CC(=O)C1=C(C)NC(=O)N[C@H]1c1ccc(Br)cc1. The van der Waals surface area contributed by atoms with Gasteiger partial charge in [-0.1, -0.05) is 28.1 Å². The second-order valence-electron chi connectivity index (χ2n) is 4.18. The zero-order chi connectivity index (χ0) is 13.3. The van der Waals surface area contributed by atoms with Crippen LogP contribution < -0.4 is 10.6 Å². The number of halogens is 1. The monoisotopic (exact) mass is 308 g/mol. The lowest BCUT2D eigenvalue weighted by Crippen LogP contribution is -2.44. The number of hydrogen-bond acceptors (Lipinski definition) is 2. The van der Waals surface area contributed by atoms with E-state index in [1.54, 1.807) is 6.92 Å². The molecule has 1 aliphatic rings. The van der Waals surface area contributed by atoms with Gasteiger partial charge in [0.05, 0.1) is 6.04 Å². The summed E-state index contributed by atoms with van der Waals surface area (Å²) in [7, 11) is 0. The Kier molecular flexibility index (Phi) is 3.52. The summed E-state index contributed by atoms with van der Waals surface area (Å²) in [4.78, 5) is 23.2. The van der Waals surface area contributed by atoms with E-state index in [0.29, 0.717) is 11.3 Å². The molecule has 0 saturated carbocycles. The molecule has 5 heteroatoms. The number of benzene rings is 1. The molecule has 0 radical (unpaired) electrons. The zero-order valence-corrected chi connectivity index (χ0v) is 11.7. The molecule has 0 unspecified atom stereocenters. The zero-order valence-electron chi connectivity index (χ0n) is 10.1. The largest absolute Gasteiger partial charge is 0.327 e. The van der Waals surface area contributed by atoms with E-state index in [1.165, 1.54) is 6.92 Å². The van der Waals surface area contributed by atoms with Crippen LogP contribution in [0.25, 0.3) is 0 Å². The molecular formula is C13H13BrN2O2. The minimum Gasteiger partial charge on any atom is -0.327 e. The topological polar surface area (TPSA) is 58.2 Å². The van der Waals surface area contributed by atoms with Gasteiger partial charge in [0, 0.05) is 15.7 Å². The molecule has 2 amide bonds. The van der Waals surface area contributed by atoms with Gasteiger partial charge < -0.3 is 10.6 Å². The normalized spacial score (nSPS) is 19.3. The number of Topliss-reactive ketones (excluding diaryl/α,β-unsaturated/α-hetero) is 1. The van der Waals surface area contributed by atoms with Gasteiger partial charge >= 0.3 is 6.03 Å². The van der Waals surface area contributed by atoms with Crippen LogP contribution in [-0.2, 0) is 4.79 Å². The Morgan fingerprint density at radius 3 is 2.44 bits per heavy atom. The highest BCUT2D eigenvalue weighted by Crippen LogP contribution is 2.27. The Hall–Kier alpha value is -1.62. The number of allylic oxidation sites excluding steroid dienone is 1. The minimum absolute atomic E-state index is 0.0482. The quantitative estimate of drug-likeness (QED) is 0.882. The Labute approximate surface area is 114 Å². The summed E-state index contributed by atoms with van der Waals surface area (Å²) in [6, 6.07) is 6.87. The van der Waals surface area contributed by atoms with Gasteiger partial charge in [0.2, 0.25) is 0 Å². The first kappa shape index (κ1) is 12.8. The third kappa shape index (κ3) is 2.46. The fourth-order valence-corrected chi connectivity index (χ4v) is 2.33. The molecule has 1 heterocycles. The lowest BCUT2D eigenvalue weighted by atomic mass is 9.93. The summed E-state index contributed by atoms with van der Waals surface area (Å²) in [5.74, 6) is -0.0482. The van der Waals surface area contributed by atoms with Crippen LogP contribution in [0.4, 0.5) is 4.79 Å². The van der Waals surface area contributed by atoms with Gasteiger partial charge in [0.25, 0.3) is 0 Å². The van der Waals surface area contributed by atoms with Crippen LogP contribution in [0.1, 0.15) is 25.5 Å². The molecule has 1 aliphatic heterocycles. The summed E-state index contributed by atoms with van der Waals surface area (Å²) >= 11 is 3.36. The van der Waals surface area contributed by atoms with Crippen LogP contribution in [0.3, 0.4) is 0 Å². The number of rotatable bonds is 2. The summed E-state index contributed by atoms with van der Waals surface area (Å²) in [5, 5.41) is 5.39. The number of ketones is 1. The molecular weight excluding hydrogens is 296 g/mol. The Bertz CT molecular complexity index is 534. The molecule has 2 N–H and O–H groups in total. The molecule has 0 aliphatic carbocycles. The standard InChI is InChI=1S/C13H13BrN2O2/c1-7-11(8(2)17)12(16-13(18)15-7)9-3-5-10(14)6-4-9/h3-6,12H,1-2H3,(H2,15,16,18)/t12-/m0/s1. The van der Waals surface area contributed by atoms with Crippen molar-refractivity contribution in [3.05, 3.63) is 45.6 Å². The van der Waals surface area contributed by atoms with Crippen molar-refractivity contribution in [2.75, 3.05) is 0 Å². The van der Waals surface area contributed by atoms with Gasteiger partial charge in [-0.25, -0.2) is 4.79 Å². The van der Waals surface area contributed by atoms with Gasteiger partial charge in [-0.2, -0.15) is 0 Å². The van der Waals surface area contributed by atoms with E-state index >= 15 is 0 Å². The third-order valence-electron chi connectivity index (χ3n) is 2.85. The molecule has 18 heavy (non-hydrogen) atoms. The highest BCUT2D eigenvalue weighted by atomic mass is 79.9. The molecule has 0 fully saturated rings. The first-order valence-corrected chi connectivity index (χ1v) is 6.33. The van der Waals surface area contributed by atoms with Crippen molar-refractivity contribution >= 4 is 27.7 Å². The van der Waals surface area contributed by atoms with Crippen molar-refractivity contribution in [1.82, 2.24) is 10.6 Å². The second kappa shape index (κ2) is 4.94. The third-order valence-corrected chi connectivity index (χ3v) is 3.38. The molecule has 0 saturated heterocycles. The maximum Gasteiger partial charge on any atom is 0.319 e. The Morgan fingerprint density at radius 1 is 1.28 bits per heavy atom. The summed E-state index contributed by atoms with van der Waals surface area (Å²) < 4.78 is 0.955. The van der Waals surface area contributed by atoms with Crippen LogP contribution in [0.5, 0.6) is 0 Å². The summed E-state index contributed by atoms with van der Waals surface area (Å²) in [6.45, 7) is 3.24. The predicted octanol–water partition coefficient (Wildman–Crippen LogP) is 2.67. The van der Waals surface area contributed by atoms with Crippen molar-refractivity contribution in [3.8, 4) is 0 Å². The van der Waals surface area contributed by atoms with Crippen LogP contribution in [0.2, 0.25) is 0 Å². The van der Waals surface area contributed by atoms with Gasteiger partial charge in [0.15, 0.2) is 5.78 Å². The maximum absolute atomic E-state index is 11.7. The lowest BCUT2D eigenvalue weighted by molar-refractivity contribution is -0.114. The van der Waals surface area contributed by atoms with Crippen molar-refractivity contribution < 1.29 is 9.59 Å². The average molecular weight is 309 g/mol. The van der Waals surface area contributed by atoms with E-state index in [-0.39, 0.29) is 17.9 Å². The Balaban J connectivity index is 2.46. The van der Waals surface area contributed by atoms with Crippen molar-refractivity contribution in [3.63, 3.8) is 0 Å². The lowest BCUT2D eigenvalue weighted by Gasteiger charge is -2.28. The van der Waals surface area contributed by atoms with Crippen molar-refractivity contribution in [2.24, 2.45) is 0 Å². The number of amides is 2. The first-order chi connectivity index (χ1) is 8.49. The molecule has 0 aromatic heterocycles. The number of urea groups is 1.